The van der Waals surface area contributed by atoms with Crippen LogP contribution in [0.25, 0.3) is 0 Å². The molecular weight excluding hydrogens is 269 g/mol. The molecule has 0 saturated heterocycles. The smallest absolute Gasteiger partial charge is 0.488 e. The van der Waals surface area contributed by atoms with Crippen molar-refractivity contribution in [3.63, 3.8) is 0 Å². The summed E-state index contributed by atoms with van der Waals surface area (Å²) in [5, 5.41) is 18.6. The van der Waals surface area contributed by atoms with Crippen LogP contribution in [0.5, 0.6) is 5.75 Å². The van der Waals surface area contributed by atoms with Crippen LogP contribution in [-0.4, -0.2) is 36.2 Å². The summed E-state index contributed by atoms with van der Waals surface area (Å²) in [5.41, 5.74) is 2.50. The SMILES string of the molecule is COc1ccc(B(O)O)cc1CN(C)Cc1ccoc1C. The molecule has 112 valence electrons. The van der Waals surface area contributed by atoms with Gasteiger partial charge >= 0.3 is 7.12 Å². The standard InChI is InChI=1S/C15H20BNO4/c1-11-12(6-7-21-11)9-17(2)10-13-8-14(16(18)19)4-5-15(13)20-3/h4-8,18-19H,9-10H2,1-3H3. The van der Waals surface area contributed by atoms with Crippen molar-refractivity contribution in [2.24, 2.45) is 0 Å². The number of ether oxygens (including phenoxy) is 1. The van der Waals surface area contributed by atoms with E-state index in [9.17, 15) is 10.0 Å². The number of nitrogens with zero attached hydrogens (tertiary/aromatic N) is 1. The molecule has 0 fully saturated rings. The van der Waals surface area contributed by atoms with E-state index in [4.69, 9.17) is 9.15 Å². The van der Waals surface area contributed by atoms with Crippen molar-refractivity contribution >= 4 is 12.6 Å². The first-order chi connectivity index (χ1) is 10.0. The van der Waals surface area contributed by atoms with Gasteiger partial charge in [0.15, 0.2) is 0 Å². The Hall–Kier alpha value is -1.76. The Morgan fingerprint density at radius 1 is 1.19 bits per heavy atom. The fourth-order valence-corrected chi connectivity index (χ4v) is 2.30. The Morgan fingerprint density at radius 2 is 1.90 bits per heavy atom. The van der Waals surface area contributed by atoms with Crippen LogP contribution >= 0.6 is 0 Å². The summed E-state index contributed by atoms with van der Waals surface area (Å²) < 4.78 is 10.6. The molecule has 5 nitrogen and oxygen atoms in total. The molecule has 0 saturated carbocycles. The molecule has 0 aliphatic carbocycles. The topological polar surface area (TPSA) is 66.1 Å². The summed E-state index contributed by atoms with van der Waals surface area (Å²) in [6.07, 6.45) is 1.68. The third kappa shape index (κ3) is 3.88. The summed E-state index contributed by atoms with van der Waals surface area (Å²) in [5.74, 6) is 1.64. The number of benzene rings is 1. The van der Waals surface area contributed by atoms with Crippen LogP contribution in [0.3, 0.4) is 0 Å². The highest BCUT2D eigenvalue weighted by molar-refractivity contribution is 6.58. The summed E-state index contributed by atoms with van der Waals surface area (Å²) in [6, 6.07) is 7.10. The Kier molecular flexibility index (Phi) is 5.06. The Balaban J connectivity index is 2.13. The molecule has 2 N–H and O–H groups in total. The highest BCUT2D eigenvalue weighted by Gasteiger charge is 2.15. The van der Waals surface area contributed by atoms with E-state index in [2.05, 4.69) is 4.90 Å². The fourth-order valence-electron chi connectivity index (χ4n) is 2.30. The van der Waals surface area contributed by atoms with E-state index >= 15 is 0 Å². The van der Waals surface area contributed by atoms with Crippen molar-refractivity contribution in [1.29, 1.82) is 0 Å². The maximum Gasteiger partial charge on any atom is 0.488 e. The zero-order chi connectivity index (χ0) is 15.4. The maximum atomic E-state index is 9.28. The lowest BCUT2D eigenvalue weighted by Gasteiger charge is -2.19. The highest BCUT2D eigenvalue weighted by Crippen LogP contribution is 2.20. The van der Waals surface area contributed by atoms with Crippen LogP contribution in [0.15, 0.2) is 34.9 Å². The molecular formula is C15H20BNO4. The third-order valence-corrected chi connectivity index (χ3v) is 3.45. The van der Waals surface area contributed by atoms with E-state index in [0.29, 0.717) is 12.0 Å². The molecule has 21 heavy (non-hydrogen) atoms. The Labute approximate surface area is 124 Å². The van der Waals surface area contributed by atoms with Gasteiger partial charge in [0.2, 0.25) is 0 Å². The molecule has 0 atom stereocenters. The molecule has 0 unspecified atom stereocenters. The van der Waals surface area contributed by atoms with E-state index < -0.39 is 7.12 Å². The van der Waals surface area contributed by atoms with Crippen molar-refractivity contribution in [3.05, 3.63) is 47.4 Å². The van der Waals surface area contributed by atoms with Gasteiger partial charge in [0.25, 0.3) is 0 Å². The second-order valence-electron chi connectivity index (χ2n) is 5.12. The number of furan rings is 1. The van der Waals surface area contributed by atoms with Crippen molar-refractivity contribution in [3.8, 4) is 5.75 Å². The van der Waals surface area contributed by atoms with Crippen LogP contribution in [0.2, 0.25) is 0 Å². The lowest BCUT2D eigenvalue weighted by Crippen LogP contribution is -2.30. The summed E-state index contributed by atoms with van der Waals surface area (Å²) in [7, 11) is 2.12. The van der Waals surface area contributed by atoms with Crippen LogP contribution in [0.4, 0.5) is 0 Å². The van der Waals surface area contributed by atoms with Crippen molar-refractivity contribution in [1.82, 2.24) is 4.90 Å². The van der Waals surface area contributed by atoms with E-state index in [1.54, 1.807) is 31.6 Å². The predicted octanol–water partition coefficient (Wildman–Crippen LogP) is 0.908. The zero-order valence-electron chi connectivity index (χ0n) is 12.5. The molecule has 2 rings (SSSR count). The minimum absolute atomic E-state index is 0.457. The first-order valence-electron chi connectivity index (χ1n) is 6.75. The van der Waals surface area contributed by atoms with Gasteiger partial charge in [0, 0.05) is 24.2 Å². The molecule has 0 aliphatic heterocycles. The van der Waals surface area contributed by atoms with Crippen LogP contribution < -0.4 is 10.2 Å². The van der Waals surface area contributed by atoms with Gasteiger partial charge < -0.3 is 19.2 Å². The van der Waals surface area contributed by atoms with Gasteiger partial charge in [-0.1, -0.05) is 12.1 Å². The molecule has 0 radical (unpaired) electrons. The predicted molar refractivity (Wildman–Crippen MR) is 81.4 cm³/mol. The van der Waals surface area contributed by atoms with E-state index in [-0.39, 0.29) is 0 Å². The van der Waals surface area contributed by atoms with Gasteiger partial charge in [-0.3, -0.25) is 4.90 Å². The van der Waals surface area contributed by atoms with Crippen molar-refractivity contribution < 1.29 is 19.2 Å². The number of rotatable bonds is 6. The minimum atomic E-state index is -1.48. The second-order valence-corrected chi connectivity index (χ2v) is 5.12. The molecule has 0 amide bonds. The van der Waals surface area contributed by atoms with Gasteiger partial charge in [-0.2, -0.15) is 0 Å². The average molecular weight is 289 g/mol. The monoisotopic (exact) mass is 289 g/mol. The van der Waals surface area contributed by atoms with Gasteiger partial charge in [-0.15, -0.1) is 0 Å². The molecule has 1 heterocycles. The quantitative estimate of drug-likeness (QED) is 0.774. The third-order valence-electron chi connectivity index (χ3n) is 3.45. The number of methoxy groups -OCH3 is 1. The Bertz CT molecular complexity index is 597. The lowest BCUT2D eigenvalue weighted by atomic mass is 9.79. The number of hydrogen-bond donors (Lipinski definition) is 2. The summed E-state index contributed by atoms with van der Waals surface area (Å²) in [6.45, 7) is 3.32. The van der Waals surface area contributed by atoms with Crippen LogP contribution in [-0.2, 0) is 13.1 Å². The fraction of sp³-hybridized carbons (Fsp3) is 0.333. The van der Waals surface area contributed by atoms with E-state index in [1.807, 2.05) is 20.0 Å². The summed E-state index contributed by atoms with van der Waals surface area (Å²) >= 11 is 0. The lowest BCUT2D eigenvalue weighted by molar-refractivity contribution is 0.308. The van der Waals surface area contributed by atoms with Gasteiger partial charge in [0.05, 0.1) is 13.4 Å². The van der Waals surface area contributed by atoms with Crippen LogP contribution in [0, 0.1) is 6.92 Å². The average Bonchev–Trinajstić information content (AvgIpc) is 2.84. The molecule has 0 aliphatic rings. The zero-order valence-corrected chi connectivity index (χ0v) is 12.5. The van der Waals surface area contributed by atoms with Gasteiger partial charge in [-0.25, -0.2) is 0 Å². The molecule has 1 aromatic heterocycles. The molecule has 2 aromatic rings. The first-order valence-corrected chi connectivity index (χ1v) is 6.75. The van der Waals surface area contributed by atoms with Crippen molar-refractivity contribution in [2.45, 2.75) is 20.0 Å². The maximum absolute atomic E-state index is 9.28. The van der Waals surface area contributed by atoms with Gasteiger partial charge in [-0.05, 0) is 31.6 Å². The largest absolute Gasteiger partial charge is 0.496 e. The molecule has 0 bridgehead atoms. The van der Waals surface area contributed by atoms with E-state index in [1.165, 1.54) is 0 Å². The van der Waals surface area contributed by atoms with E-state index in [0.717, 1.165) is 29.2 Å². The highest BCUT2D eigenvalue weighted by atomic mass is 16.5. The molecule has 1 aromatic carbocycles. The van der Waals surface area contributed by atoms with Crippen LogP contribution in [0.1, 0.15) is 16.9 Å². The first kappa shape index (κ1) is 15.6. The number of aryl methyl sites for hydroxylation is 1. The molecule has 6 heteroatoms. The number of hydrogen-bond acceptors (Lipinski definition) is 5. The second kappa shape index (κ2) is 6.80. The van der Waals surface area contributed by atoms with Gasteiger partial charge in [0.1, 0.15) is 11.5 Å². The summed E-state index contributed by atoms with van der Waals surface area (Å²) in [4.78, 5) is 2.11. The minimum Gasteiger partial charge on any atom is -0.496 e. The van der Waals surface area contributed by atoms with Crippen molar-refractivity contribution in [2.75, 3.05) is 14.2 Å². The molecule has 0 spiro atoms. The normalized spacial score (nSPS) is 11.0. The Morgan fingerprint density at radius 3 is 2.48 bits per heavy atom.